The van der Waals surface area contributed by atoms with Gasteiger partial charge in [0.15, 0.2) is 0 Å². The fourth-order valence-corrected chi connectivity index (χ4v) is 3.30. The summed E-state index contributed by atoms with van der Waals surface area (Å²) < 4.78 is 5.80. The van der Waals surface area contributed by atoms with Crippen molar-refractivity contribution in [3.8, 4) is 27.3 Å². The van der Waals surface area contributed by atoms with E-state index in [2.05, 4.69) is 53.9 Å². The average Bonchev–Trinajstić information content (AvgIpc) is 2.93. The van der Waals surface area contributed by atoms with Gasteiger partial charge in [0.1, 0.15) is 5.75 Å². The van der Waals surface area contributed by atoms with Crippen LogP contribution in [0.5, 0.6) is 5.75 Å². The van der Waals surface area contributed by atoms with Gasteiger partial charge in [0, 0.05) is 15.8 Å². The van der Waals surface area contributed by atoms with E-state index in [0.29, 0.717) is 6.61 Å². The molecular weight excluding hydrogens is 264 g/mol. The zero-order valence-electron chi connectivity index (χ0n) is 11.4. The maximum Gasteiger partial charge on any atom is 0.138 e. The lowest BCUT2D eigenvalue weighted by Crippen LogP contribution is -1.92. The molecule has 0 saturated carbocycles. The van der Waals surface area contributed by atoms with Crippen molar-refractivity contribution in [3.05, 3.63) is 66.0 Å². The van der Waals surface area contributed by atoms with Gasteiger partial charge in [0.25, 0.3) is 0 Å². The van der Waals surface area contributed by atoms with Crippen LogP contribution >= 0.6 is 11.3 Å². The van der Waals surface area contributed by atoms with Crippen molar-refractivity contribution in [1.29, 1.82) is 0 Å². The Hall–Kier alpha value is -2.06. The SMILES string of the molecule is CCOc1csc(-c2ccccc2)c1-c1ccccc1. The summed E-state index contributed by atoms with van der Waals surface area (Å²) in [6, 6.07) is 20.9. The number of thiophene rings is 1. The number of benzene rings is 2. The summed E-state index contributed by atoms with van der Waals surface area (Å²) in [5.74, 6) is 0.975. The van der Waals surface area contributed by atoms with E-state index in [0.717, 1.165) is 5.75 Å². The van der Waals surface area contributed by atoms with Gasteiger partial charge >= 0.3 is 0 Å². The van der Waals surface area contributed by atoms with E-state index in [-0.39, 0.29) is 0 Å². The summed E-state index contributed by atoms with van der Waals surface area (Å²) in [7, 11) is 0. The van der Waals surface area contributed by atoms with E-state index in [1.807, 2.05) is 19.1 Å². The lowest BCUT2D eigenvalue weighted by atomic mass is 10.0. The van der Waals surface area contributed by atoms with Crippen molar-refractivity contribution < 1.29 is 4.74 Å². The summed E-state index contributed by atoms with van der Waals surface area (Å²) in [4.78, 5) is 1.26. The molecule has 100 valence electrons. The zero-order valence-corrected chi connectivity index (χ0v) is 12.2. The van der Waals surface area contributed by atoms with E-state index < -0.39 is 0 Å². The van der Waals surface area contributed by atoms with E-state index in [1.165, 1.54) is 21.6 Å². The van der Waals surface area contributed by atoms with Crippen LogP contribution in [0.25, 0.3) is 21.6 Å². The van der Waals surface area contributed by atoms with Gasteiger partial charge in [0.2, 0.25) is 0 Å². The Labute approximate surface area is 123 Å². The normalized spacial score (nSPS) is 10.4. The standard InChI is InChI=1S/C18H16OS/c1-2-19-16-13-20-18(15-11-7-4-8-12-15)17(16)14-9-5-3-6-10-14/h3-13H,2H2,1H3. The van der Waals surface area contributed by atoms with Crippen LogP contribution in [0.1, 0.15) is 6.92 Å². The molecule has 0 fully saturated rings. The highest BCUT2D eigenvalue weighted by Crippen LogP contribution is 2.44. The third-order valence-electron chi connectivity index (χ3n) is 3.16. The predicted molar refractivity (Wildman–Crippen MR) is 86.4 cm³/mol. The van der Waals surface area contributed by atoms with Crippen LogP contribution < -0.4 is 4.74 Å². The van der Waals surface area contributed by atoms with E-state index in [1.54, 1.807) is 11.3 Å². The number of hydrogen-bond donors (Lipinski definition) is 0. The third-order valence-corrected chi connectivity index (χ3v) is 4.16. The first-order chi connectivity index (χ1) is 9.90. The predicted octanol–water partition coefficient (Wildman–Crippen LogP) is 5.48. The van der Waals surface area contributed by atoms with Crippen LogP contribution in [0.3, 0.4) is 0 Å². The summed E-state index contributed by atoms with van der Waals surface area (Å²) >= 11 is 1.74. The molecule has 1 heterocycles. The van der Waals surface area contributed by atoms with Gasteiger partial charge in [-0.25, -0.2) is 0 Å². The van der Waals surface area contributed by atoms with Crippen LogP contribution in [0, 0.1) is 0 Å². The molecule has 1 aromatic heterocycles. The maximum absolute atomic E-state index is 5.80. The molecule has 0 spiro atoms. The average molecular weight is 280 g/mol. The van der Waals surface area contributed by atoms with E-state index >= 15 is 0 Å². The quantitative estimate of drug-likeness (QED) is 0.615. The second-order valence-corrected chi connectivity index (χ2v) is 5.35. The minimum absolute atomic E-state index is 0.685. The van der Waals surface area contributed by atoms with E-state index in [4.69, 9.17) is 4.74 Å². The zero-order chi connectivity index (χ0) is 13.8. The molecule has 0 N–H and O–H groups in total. The molecule has 0 saturated heterocycles. The smallest absolute Gasteiger partial charge is 0.138 e. The summed E-state index contributed by atoms with van der Waals surface area (Å²) in [6.45, 7) is 2.71. The highest BCUT2D eigenvalue weighted by atomic mass is 32.1. The topological polar surface area (TPSA) is 9.23 Å². The molecule has 20 heavy (non-hydrogen) atoms. The number of hydrogen-bond acceptors (Lipinski definition) is 2. The van der Waals surface area contributed by atoms with Crippen LogP contribution in [0.4, 0.5) is 0 Å². The molecule has 0 atom stereocenters. The second kappa shape index (κ2) is 5.93. The fraction of sp³-hybridized carbons (Fsp3) is 0.111. The van der Waals surface area contributed by atoms with Crippen LogP contribution in [0.2, 0.25) is 0 Å². The molecule has 0 aliphatic carbocycles. The minimum atomic E-state index is 0.685. The summed E-state index contributed by atoms with van der Waals surface area (Å²) in [5.41, 5.74) is 3.64. The van der Waals surface area contributed by atoms with Crippen LogP contribution in [-0.2, 0) is 0 Å². The Morgan fingerprint density at radius 1 is 0.850 bits per heavy atom. The molecule has 0 aliphatic heterocycles. The Morgan fingerprint density at radius 2 is 1.45 bits per heavy atom. The molecule has 0 radical (unpaired) electrons. The van der Waals surface area contributed by atoms with Crippen molar-refractivity contribution in [2.45, 2.75) is 6.92 Å². The van der Waals surface area contributed by atoms with Gasteiger partial charge < -0.3 is 4.74 Å². The fourth-order valence-electron chi connectivity index (χ4n) is 2.28. The highest BCUT2D eigenvalue weighted by Gasteiger charge is 2.15. The molecule has 0 aliphatic rings. The molecular formula is C18H16OS. The summed E-state index contributed by atoms with van der Waals surface area (Å²) in [5, 5.41) is 2.11. The molecule has 0 amide bonds. The Kier molecular flexibility index (Phi) is 3.84. The Bertz CT molecular complexity index is 671. The van der Waals surface area contributed by atoms with Crippen LogP contribution in [0.15, 0.2) is 66.0 Å². The number of rotatable bonds is 4. The number of ether oxygens (including phenoxy) is 1. The molecule has 3 aromatic rings. The maximum atomic E-state index is 5.80. The highest BCUT2D eigenvalue weighted by molar-refractivity contribution is 7.14. The van der Waals surface area contributed by atoms with Crippen molar-refractivity contribution in [2.75, 3.05) is 6.61 Å². The van der Waals surface area contributed by atoms with Crippen molar-refractivity contribution in [2.24, 2.45) is 0 Å². The minimum Gasteiger partial charge on any atom is -0.492 e. The van der Waals surface area contributed by atoms with E-state index in [9.17, 15) is 0 Å². The van der Waals surface area contributed by atoms with Gasteiger partial charge in [0.05, 0.1) is 6.61 Å². The Morgan fingerprint density at radius 3 is 2.05 bits per heavy atom. The van der Waals surface area contributed by atoms with Gasteiger partial charge in [-0.3, -0.25) is 0 Å². The molecule has 3 rings (SSSR count). The molecule has 2 aromatic carbocycles. The van der Waals surface area contributed by atoms with Gasteiger partial charge in [-0.05, 0) is 18.1 Å². The van der Waals surface area contributed by atoms with Crippen molar-refractivity contribution in [3.63, 3.8) is 0 Å². The lowest BCUT2D eigenvalue weighted by Gasteiger charge is -2.08. The molecule has 0 bridgehead atoms. The van der Waals surface area contributed by atoms with Gasteiger partial charge in [-0.15, -0.1) is 11.3 Å². The first-order valence-corrected chi connectivity index (χ1v) is 7.63. The summed E-state index contributed by atoms with van der Waals surface area (Å²) in [6.07, 6.45) is 0. The Balaban J connectivity index is 2.17. The first-order valence-electron chi connectivity index (χ1n) is 6.75. The van der Waals surface area contributed by atoms with Gasteiger partial charge in [-0.1, -0.05) is 60.7 Å². The first kappa shape index (κ1) is 12.9. The molecule has 0 unspecified atom stereocenters. The second-order valence-electron chi connectivity index (χ2n) is 4.47. The molecule has 1 nitrogen and oxygen atoms in total. The third kappa shape index (κ3) is 2.47. The van der Waals surface area contributed by atoms with Crippen molar-refractivity contribution >= 4 is 11.3 Å². The van der Waals surface area contributed by atoms with Gasteiger partial charge in [-0.2, -0.15) is 0 Å². The monoisotopic (exact) mass is 280 g/mol. The largest absolute Gasteiger partial charge is 0.492 e. The molecule has 2 heteroatoms. The van der Waals surface area contributed by atoms with Crippen LogP contribution in [-0.4, -0.2) is 6.61 Å². The van der Waals surface area contributed by atoms with Crippen molar-refractivity contribution in [1.82, 2.24) is 0 Å². The lowest BCUT2D eigenvalue weighted by molar-refractivity contribution is 0.343.